The van der Waals surface area contributed by atoms with Crippen LogP contribution in [0, 0.1) is 5.82 Å². The van der Waals surface area contributed by atoms with Gasteiger partial charge in [0, 0.05) is 45.5 Å². The largest absolute Gasteiger partial charge is 0.310 e. The summed E-state index contributed by atoms with van der Waals surface area (Å²) in [6, 6.07) is 23.0. The number of fused-ring (bicyclic) bond motifs is 1. The van der Waals surface area contributed by atoms with Crippen molar-refractivity contribution in [3.63, 3.8) is 0 Å². The zero-order valence-electron chi connectivity index (χ0n) is 18.0. The highest BCUT2D eigenvalue weighted by molar-refractivity contribution is 7.99. The molecule has 0 saturated heterocycles. The Bertz CT molecular complexity index is 1470. The maximum atomic E-state index is 13.6. The molecule has 0 N–H and O–H groups in total. The second kappa shape index (κ2) is 9.29. The summed E-state index contributed by atoms with van der Waals surface area (Å²) in [4.78, 5) is 26.1. The third kappa shape index (κ3) is 4.40. The van der Waals surface area contributed by atoms with Crippen molar-refractivity contribution in [3.8, 4) is 11.3 Å². The maximum Gasteiger partial charge on any atom is 0.277 e. The number of hydrogen-bond donors (Lipinski definition) is 0. The molecule has 2 heterocycles. The number of benzene rings is 3. The lowest BCUT2D eigenvalue weighted by atomic mass is 10.1. The van der Waals surface area contributed by atoms with Crippen LogP contribution in [0.1, 0.15) is 10.5 Å². The molecule has 2 aromatic heterocycles. The fourth-order valence-electron chi connectivity index (χ4n) is 3.55. The second-order valence-corrected chi connectivity index (χ2v) is 9.10. The molecule has 0 aliphatic rings. The summed E-state index contributed by atoms with van der Waals surface area (Å²) in [5, 5.41) is 0.697. The number of halogens is 2. The SMILES string of the molecule is CN(C(=O)c1c(-c2ccc(F)cc2)nc2ncccn12)c1ccc(Sc2ccc(Cl)cc2)cc1. The Kier molecular flexibility index (Phi) is 6.04. The Morgan fingerprint density at radius 1 is 0.971 bits per heavy atom. The van der Waals surface area contributed by atoms with Gasteiger partial charge in [0.15, 0.2) is 0 Å². The van der Waals surface area contributed by atoms with Crippen LogP contribution in [0.2, 0.25) is 5.02 Å². The van der Waals surface area contributed by atoms with E-state index in [2.05, 4.69) is 9.97 Å². The molecule has 5 nitrogen and oxygen atoms in total. The molecule has 0 saturated carbocycles. The van der Waals surface area contributed by atoms with Gasteiger partial charge in [-0.2, -0.15) is 0 Å². The van der Waals surface area contributed by atoms with Crippen molar-refractivity contribution in [1.29, 1.82) is 0 Å². The first-order valence-corrected chi connectivity index (χ1v) is 11.6. The molecule has 0 unspecified atom stereocenters. The molecule has 0 atom stereocenters. The topological polar surface area (TPSA) is 50.5 Å². The molecule has 0 fully saturated rings. The Hall–Kier alpha value is -3.68. The molecule has 1 amide bonds. The number of aromatic nitrogens is 3. The highest BCUT2D eigenvalue weighted by Crippen LogP contribution is 2.31. The number of rotatable bonds is 5. The molecule has 0 bridgehead atoms. The van der Waals surface area contributed by atoms with E-state index in [0.717, 1.165) is 15.5 Å². The predicted molar refractivity (Wildman–Crippen MR) is 133 cm³/mol. The number of nitrogens with zero attached hydrogens (tertiary/aromatic N) is 4. The minimum atomic E-state index is -0.354. The van der Waals surface area contributed by atoms with Gasteiger partial charge in [0.05, 0.1) is 0 Å². The lowest BCUT2D eigenvalue weighted by molar-refractivity contribution is 0.0988. The van der Waals surface area contributed by atoms with Crippen LogP contribution < -0.4 is 4.90 Å². The van der Waals surface area contributed by atoms with Gasteiger partial charge in [-0.1, -0.05) is 23.4 Å². The normalized spacial score (nSPS) is 11.0. The van der Waals surface area contributed by atoms with E-state index in [1.54, 1.807) is 58.7 Å². The van der Waals surface area contributed by atoms with E-state index in [-0.39, 0.29) is 11.7 Å². The van der Waals surface area contributed by atoms with E-state index in [4.69, 9.17) is 11.6 Å². The average molecular weight is 489 g/mol. The van der Waals surface area contributed by atoms with Crippen LogP contribution in [0.4, 0.5) is 10.1 Å². The summed E-state index contributed by atoms with van der Waals surface area (Å²) in [5.41, 5.74) is 2.18. The summed E-state index contributed by atoms with van der Waals surface area (Å²) >= 11 is 7.57. The van der Waals surface area contributed by atoms with Gasteiger partial charge in [-0.05, 0) is 78.9 Å². The van der Waals surface area contributed by atoms with Crippen LogP contribution >= 0.6 is 23.4 Å². The molecule has 5 aromatic rings. The van der Waals surface area contributed by atoms with E-state index < -0.39 is 0 Å². The zero-order valence-corrected chi connectivity index (χ0v) is 19.6. The lowest BCUT2D eigenvalue weighted by Gasteiger charge is -2.18. The lowest BCUT2D eigenvalue weighted by Crippen LogP contribution is -2.28. The molecule has 168 valence electrons. The molecule has 0 aliphatic carbocycles. The third-order valence-corrected chi connectivity index (χ3v) is 6.57. The third-order valence-electron chi connectivity index (χ3n) is 5.30. The number of amides is 1. The standard InChI is InChI=1S/C26H18ClFN4OS/c1-31(20-9-13-22(14-10-20)34-21-11-5-18(27)6-12-21)25(33)24-23(17-3-7-19(28)8-4-17)30-26-29-15-2-16-32(24)26/h2-16H,1H3. The maximum absolute atomic E-state index is 13.6. The van der Waals surface area contributed by atoms with Crippen molar-refractivity contribution in [1.82, 2.24) is 14.4 Å². The molecule has 8 heteroatoms. The quantitative estimate of drug-likeness (QED) is 0.279. The highest BCUT2D eigenvalue weighted by Gasteiger charge is 2.24. The van der Waals surface area contributed by atoms with Gasteiger partial charge in [0.25, 0.3) is 5.91 Å². The van der Waals surface area contributed by atoms with Crippen molar-refractivity contribution in [3.05, 3.63) is 108 Å². The Morgan fingerprint density at radius 2 is 1.62 bits per heavy atom. The fraction of sp³-hybridized carbons (Fsp3) is 0.0385. The number of anilines is 1. The van der Waals surface area contributed by atoms with E-state index in [1.165, 1.54) is 12.1 Å². The van der Waals surface area contributed by atoms with Gasteiger partial charge >= 0.3 is 0 Å². The minimum Gasteiger partial charge on any atom is -0.310 e. The highest BCUT2D eigenvalue weighted by atomic mass is 35.5. The van der Waals surface area contributed by atoms with Crippen LogP contribution in [-0.4, -0.2) is 27.3 Å². The van der Waals surface area contributed by atoms with Gasteiger partial charge in [-0.25, -0.2) is 14.4 Å². The van der Waals surface area contributed by atoms with Crippen molar-refractivity contribution in [2.24, 2.45) is 0 Å². The molecule has 34 heavy (non-hydrogen) atoms. The molecule has 3 aromatic carbocycles. The Balaban J connectivity index is 1.46. The van der Waals surface area contributed by atoms with Gasteiger partial charge in [0.2, 0.25) is 5.78 Å². The van der Waals surface area contributed by atoms with Gasteiger partial charge < -0.3 is 4.90 Å². The minimum absolute atomic E-state index is 0.252. The van der Waals surface area contributed by atoms with E-state index in [0.29, 0.717) is 27.8 Å². The average Bonchev–Trinajstić information content (AvgIpc) is 3.25. The summed E-state index contributed by atoms with van der Waals surface area (Å²) in [6.07, 6.45) is 3.36. The smallest absolute Gasteiger partial charge is 0.277 e. The first kappa shape index (κ1) is 22.1. The van der Waals surface area contributed by atoms with Crippen molar-refractivity contribution in [2.45, 2.75) is 9.79 Å². The second-order valence-electron chi connectivity index (χ2n) is 7.52. The molecule has 5 rings (SSSR count). The van der Waals surface area contributed by atoms with E-state index in [9.17, 15) is 9.18 Å². The van der Waals surface area contributed by atoms with Gasteiger partial charge in [0.1, 0.15) is 17.2 Å². The summed E-state index contributed by atoms with van der Waals surface area (Å²) in [7, 11) is 1.72. The van der Waals surface area contributed by atoms with Gasteiger partial charge in [-0.3, -0.25) is 9.20 Å². The molecule has 0 aliphatic heterocycles. The van der Waals surface area contributed by atoms with E-state index in [1.807, 2.05) is 48.5 Å². The van der Waals surface area contributed by atoms with Gasteiger partial charge in [-0.15, -0.1) is 0 Å². The monoisotopic (exact) mass is 488 g/mol. The summed E-state index contributed by atoms with van der Waals surface area (Å²) < 4.78 is 15.1. The Morgan fingerprint density at radius 3 is 2.29 bits per heavy atom. The molecule has 0 spiro atoms. The van der Waals surface area contributed by atoms with Crippen LogP contribution in [0.25, 0.3) is 17.0 Å². The fourth-order valence-corrected chi connectivity index (χ4v) is 4.50. The number of carbonyl (C=O) groups is 1. The zero-order chi connectivity index (χ0) is 23.7. The first-order chi connectivity index (χ1) is 16.5. The van der Waals surface area contributed by atoms with Crippen LogP contribution in [-0.2, 0) is 0 Å². The van der Waals surface area contributed by atoms with Crippen LogP contribution in [0.5, 0.6) is 0 Å². The van der Waals surface area contributed by atoms with Crippen molar-refractivity contribution < 1.29 is 9.18 Å². The molecular formula is C26H18ClFN4OS. The van der Waals surface area contributed by atoms with Crippen LogP contribution in [0.3, 0.4) is 0 Å². The van der Waals surface area contributed by atoms with Crippen LogP contribution in [0.15, 0.2) is 101 Å². The first-order valence-electron chi connectivity index (χ1n) is 10.4. The molecular weight excluding hydrogens is 471 g/mol. The number of carbonyl (C=O) groups excluding carboxylic acids is 1. The Labute approximate surface area is 204 Å². The summed E-state index contributed by atoms with van der Waals surface area (Å²) in [6.45, 7) is 0. The molecule has 0 radical (unpaired) electrons. The van der Waals surface area contributed by atoms with Crippen molar-refractivity contribution in [2.75, 3.05) is 11.9 Å². The van der Waals surface area contributed by atoms with Crippen molar-refractivity contribution >= 4 is 40.7 Å². The predicted octanol–water partition coefficient (Wildman–Crippen LogP) is 6.62. The number of hydrogen-bond acceptors (Lipinski definition) is 4. The van der Waals surface area contributed by atoms with E-state index >= 15 is 0 Å². The number of imidazole rings is 1. The summed E-state index contributed by atoms with van der Waals surface area (Å²) in [5.74, 6) is -0.210.